The van der Waals surface area contributed by atoms with Gasteiger partial charge in [0.05, 0.1) is 10.6 Å². The number of hydrogen-bond donors (Lipinski definition) is 2. The van der Waals surface area contributed by atoms with Crippen molar-refractivity contribution in [2.24, 2.45) is 5.73 Å². The molecule has 4 nitrogen and oxygen atoms in total. The van der Waals surface area contributed by atoms with E-state index in [1.165, 1.54) is 0 Å². The van der Waals surface area contributed by atoms with E-state index in [-0.39, 0.29) is 0 Å². The molecule has 3 N–H and O–H groups in total. The highest BCUT2D eigenvalue weighted by molar-refractivity contribution is 7.80. The van der Waals surface area contributed by atoms with E-state index in [2.05, 4.69) is 4.90 Å². The van der Waals surface area contributed by atoms with Crippen molar-refractivity contribution in [1.29, 1.82) is 0 Å². The zero-order chi connectivity index (χ0) is 14.6. The molecule has 0 spiro atoms. The normalized spacial score (nSPS) is 22.9. The van der Waals surface area contributed by atoms with Crippen LogP contribution in [0.15, 0.2) is 24.3 Å². The van der Waals surface area contributed by atoms with Crippen molar-refractivity contribution in [3.8, 4) is 5.75 Å². The molecule has 0 saturated carbocycles. The number of rotatable bonds is 6. The summed E-state index contributed by atoms with van der Waals surface area (Å²) in [6, 6.07) is 7.84. The molecular weight excluding hydrogens is 272 g/mol. The number of nitrogens with zero attached hydrogens (tertiary/aromatic N) is 1. The van der Waals surface area contributed by atoms with Gasteiger partial charge in [-0.2, -0.15) is 0 Å². The molecule has 1 aliphatic heterocycles. The van der Waals surface area contributed by atoms with E-state index in [1.807, 2.05) is 31.2 Å². The molecule has 1 aromatic rings. The predicted molar refractivity (Wildman–Crippen MR) is 84.1 cm³/mol. The Morgan fingerprint density at radius 3 is 2.70 bits per heavy atom. The number of thiocarbonyl (C=S) groups is 1. The number of β-amino-alcohol motifs (C(OH)–C–C–N with tert-alkyl or cyclic N) is 1. The molecule has 0 aromatic heterocycles. The Hall–Kier alpha value is -1.17. The van der Waals surface area contributed by atoms with Crippen molar-refractivity contribution in [2.45, 2.75) is 25.4 Å². The van der Waals surface area contributed by atoms with Crippen LogP contribution in [0, 0.1) is 0 Å². The highest BCUT2D eigenvalue weighted by Crippen LogP contribution is 2.20. The van der Waals surface area contributed by atoms with Crippen LogP contribution in [-0.2, 0) is 6.42 Å². The molecular formula is C15H22N2O2S. The Kier molecular flexibility index (Phi) is 4.96. The van der Waals surface area contributed by atoms with E-state index in [1.54, 1.807) is 0 Å². The summed E-state index contributed by atoms with van der Waals surface area (Å²) in [6.07, 6.45) is 1.46. The first kappa shape index (κ1) is 15.2. The van der Waals surface area contributed by atoms with E-state index < -0.39 is 5.60 Å². The lowest BCUT2D eigenvalue weighted by atomic mass is 10.1. The summed E-state index contributed by atoms with van der Waals surface area (Å²) in [5, 5.41) is 9.88. The van der Waals surface area contributed by atoms with Crippen molar-refractivity contribution in [1.82, 2.24) is 4.90 Å². The minimum Gasteiger partial charge on any atom is -0.492 e. The van der Waals surface area contributed by atoms with Gasteiger partial charge in [0.1, 0.15) is 12.4 Å². The van der Waals surface area contributed by atoms with E-state index >= 15 is 0 Å². The average Bonchev–Trinajstić information content (AvgIpc) is 2.70. The molecule has 110 valence electrons. The maximum atomic E-state index is 9.88. The SMILES string of the molecule is CC1(O)CCN(CCOc2ccc(CC(N)=S)cc2)C1. The highest BCUT2D eigenvalue weighted by Gasteiger charge is 2.30. The van der Waals surface area contributed by atoms with Crippen LogP contribution in [0.2, 0.25) is 0 Å². The number of aliphatic hydroxyl groups is 1. The number of hydrogen-bond acceptors (Lipinski definition) is 4. The van der Waals surface area contributed by atoms with Crippen LogP contribution in [0.25, 0.3) is 0 Å². The first-order valence-electron chi connectivity index (χ1n) is 6.89. The number of nitrogens with two attached hydrogens (primary N) is 1. The van der Waals surface area contributed by atoms with Gasteiger partial charge in [-0.15, -0.1) is 0 Å². The van der Waals surface area contributed by atoms with Crippen LogP contribution in [-0.4, -0.2) is 46.8 Å². The zero-order valence-corrected chi connectivity index (χ0v) is 12.7. The van der Waals surface area contributed by atoms with Gasteiger partial charge in [0.2, 0.25) is 0 Å². The second-order valence-electron chi connectivity index (χ2n) is 5.66. The third kappa shape index (κ3) is 4.74. The second-order valence-corrected chi connectivity index (χ2v) is 6.18. The van der Waals surface area contributed by atoms with E-state index in [0.29, 0.717) is 18.0 Å². The minimum atomic E-state index is -0.539. The molecule has 0 bridgehead atoms. The van der Waals surface area contributed by atoms with Crippen LogP contribution < -0.4 is 10.5 Å². The smallest absolute Gasteiger partial charge is 0.119 e. The van der Waals surface area contributed by atoms with Gasteiger partial charge in [-0.25, -0.2) is 0 Å². The first-order chi connectivity index (χ1) is 9.44. The molecule has 1 aromatic carbocycles. The van der Waals surface area contributed by atoms with Gasteiger partial charge >= 0.3 is 0 Å². The molecule has 1 unspecified atom stereocenters. The lowest BCUT2D eigenvalue weighted by Crippen LogP contribution is -2.32. The van der Waals surface area contributed by atoms with Crippen molar-refractivity contribution in [3.63, 3.8) is 0 Å². The third-order valence-electron chi connectivity index (χ3n) is 3.51. The van der Waals surface area contributed by atoms with Gasteiger partial charge < -0.3 is 15.6 Å². The van der Waals surface area contributed by atoms with Gasteiger partial charge in [-0.1, -0.05) is 24.4 Å². The molecule has 5 heteroatoms. The van der Waals surface area contributed by atoms with Crippen molar-refractivity contribution >= 4 is 17.2 Å². The summed E-state index contributed by atoms with van der Waals surface area (Å²) in [7, 11) is 0. The van der Waals surface area contributed by atoms with Crippen molar-refractivity contribution in [3.05, 3.63) is 29.8 Å². The molecule has 0 aliphatic carbocycles. The highest BCUT2D eigenvalue weighted by atomic mass is 32.1. The molecule has 1 heterocycles. The lowest BCUT2D eigenvalue weighted by Gasteiger charge is -2.18. The van der Waals surface area contributed by atoms with E-state index in [0.717, 1.165) is 37.4 Å². The van der Waals surface area contributed by atoms with Crippen LogP contribution in [0.1, 0.15) is 18.9 Å². The van der Waals surface area contributed by atoms with Gasteiger partial charge in [0.15, 0.2) is 0 Å². The molecule has 2 rings (SSSR count). The Morgan fingerprint density at radius 1 is 1.45 bits per heavy atom. The summed E-state index contributed by atoms with van der Waals surface area (Å²) in [6.45, 7) is 5.01. The fraction of sp³-hybridized carbons (Fsp3) is 0.533. The summed E-state index contributed by atoms with van der Waals surface area (Å²) >= 11 is 4.88. The number of ether oxygens (including phenoxy) is 1. The van der Waals surface area contributed by atoms with Crippen molar-refractivity contribution in [2.75, 3.05) is 26.2 Å². The van der Waals surface area contributed by atoms with E-state index in [4.69, 9.17) is 22.7 Å². The molecule has 1 saturated heterocycles. The molecule has 20 heavy (non-hydrogen) atoms. The van der Waals surface area contributed by atoms with Gasteiger partial charge in [0.25, 0.3) is 0 Å². The number of benzene rings is 1. The maximum absolute atomic E-state index is 9.88. The summed E-state index contributed by atoms with van der Waals surface area (Å²) in [5.74, 6) is 0.850. The maximum Gasteiger partial charge on any atom is 0.119 e. The van der Waals surface area contributed by atoms with Gasteiger partial charge in [0, 0.05) is 26.1 Å². The Labute approximate surface area is 125 Å². The fourth-order valence-corrected chi connectivity index (χ4v) is 2.59. The van der Waals surface area contributed by atoms with Gasteiger partial charge in [-0.3, -0.25) is 4.90 Å². The van der Waals surface area contributed by atoms with Crippen LogP contribution in [0.4, 0.5) is 0 Å². The van der Waals surface area contributed by atoms with Gasteiger partial charge in [-0.05, 0) is 31.0 Å². The topological polar surface area (TPSA) is 58.7 Å². The Morgan fingerprint density at radius 2 is 2.15 bits per heavy atom. The molecule has 0 amide bonds. The molecule has 1 aliphatic rings. The Balaban J connectivity index is 1.73. The van der Waals surface area contributed by atoms with Crippen LogP contribution in [0.3, 0.4) is 0 Å². The quantitative estimate of drug-likeness (QED) is 0.776. The second kappa shape index (κ2) is 6.52. The first-order valence-corrected chi connectivity index (χ1v) is 7.30. The van der Waals surface area contributed by atoms with E-state index in [9.17, 15) is 5.11 Å². The monoisotopic (exact) mass is 294 g/mol. The van der Waals surface area contributed by atoms with Crippen LogP contribution in [0.5, 0.6) is 5.75 Å². The fourth-order valence-electron chi connectivity index (χ4n) is 2.43. The standard InChI is InChI=1S/C15H22N2O2S/c1-15(18)6-7-17(11-15)8-9-19-13-4-2-12(3-5-13)10-14(16)20/h2-5,18H,6-11H2,1H3,(H2,16,20). The largest absolute Gasteiger partial charge is 0.492 e. The number of likely N-dealkylation sites (tertiary alicyclic amines) is 1. The summed E-state index contributed by atoms with van der Waals surface area (Å²) < 4.78 is 5.71. The van der Waals surface area contributed by atoms with Crippen LogP contribution >= 0.6 is 12.2 Å². The molecule has 1 atom stereocenters. The predicted octanol–water partition coefficient (Wildman–Crippen LogP) is 1.35. The molecule has 1 fully saturated rings. The minimum absolute atomic E-state index is 0.500. The Bertz CT molecular complexity index is 459. The summed E-state index contributed by atoms with van der Waals surface area (Å²) in [5.41, 5.74) is 6.07. The van der Waals surface area contributed by atoms with Crippen molar-refractivity contribution < 1.29 is 9.84 Å². The molecule has 0 radical (unpaired) electrons. The zero-order valence-electron chi connectivity index (χ0n) is 11.8. The lowest BCUT2D eigenvalue weighted by molar-refractivity contribution is 0.0670. The third-order valence-corrected chi connectivity index (χ3v) is 3.65. The average molecular weight is 294 g/mol. The summed E-state index contributed by atoms with van der Waals surface area (Å²) in [4.78, 5) is 2.72.